The normalized spacial score (nSPS) is 53.9. The first-order chi connectivity index (χ1) is 7.47. The molecule has 0 heterocycles. The molecule has 16 heavy (non-hydrogen) atoms. The minimum atomic E-state index is 0.384. The second-order valence-corrected chi connectivity index (χ2v) is 7.47. The van der Waals surface area contributed by atoms with Crippen molar-refractivity contribution in [3.63, 3.8) is 0 Å². The van der Waals surface area contributed by atoms with Crippen molar-refractivity contribution in [3.05, 3.63) is 0 Å². The Morgan fingerprint density at radius 1 is 1.12 bits per heavy atom. The number of nitrogens with one attached hydrogen (secondary N) is 1. The molecule has 0 aliphatic heterocycles. The van der Waals surface area contributed by atoms with Gasteiger partial charge >= 0.3 is 0 Å². The lowest BCUT2D eigenvalue weighted by Gasteiger charge is -2.65. The van der Waals surface area contributed by atoms with E-state index in [-0.39, 0.29) is 0 Å². The predicted molar refractivity (Wildman–Crippen MR) is 67.0 cm³/mol. The summed E-state index contributed by atoms with van der Waals surface area (Å²) in [6, 6.07) is 0. The Morgan fingerprint density at radius 3 is 2.25 bits per heavy atom. The van der Waals surface area contributed by atoms with Crippen LogP contribution >= 0.6 is 0 Å². The van der Waals surface area contributed by atoms with Crippen LogP contribution in [0.15, 0.2) is 0 Å². The van der Waals surface area contributed by atoms with Crippen molar-refractivity contribution >= 4 is 0 Å². The highest BCUT2D eigenvalue weighted by Gasteiger charge is 2.59. The Kier molecular flexibility index (Phi) is 2.03. The summed E-state index contributed by atoms with van der Waals surface area (Å²) in [6.07, 6.45) is 13.9. The quantitative estimate of drug-likeness (QED) is 0.701. The van der Waals surface area contributed by atoms with Gasteiger partial charge in [-0.1, -0.05) is 19.8 Å². The van der Waals surface area contributed by atoms with Gasteiger partial charge in [0.15, 0.2) is 0 Å². The van der Waals surface area contributed by atoms with Crippen LogP contribution in [0.2, 0.25) is 0 Å². The van der Waals surface area contributed by atoms with Crippen molar-refractivity contribution < 1.29 is 0 Å². The molecule has 0 aromatic rings. The molecule has 4 fully saturated rings. The molecular weight excluding hydrogens is 194 g/mol. The van der Waals surface area contributed by atoms with Crippen LogP contribution in [0.5, 0.6) is 0 Å². The molecular formula is C15H23N. The lowest BCUT2D eigenvalue weighted by atomic mass is 9.43. The third-order valence-electron chi connectivity index (χ3n) is 5.19. The van der Waals surface area contributed by atoms with Crippen molar-refractivity contribution in [1.29, 1.82) is 0 Å². The van der Waals surface area contributed by atoms with Crippen molar-refractivity contribution in [2.24, 2.45) is 16.7 Å². The highest BCUT2D eigenvalue weighted by Crippen LogP contribution is 2.66. The van der Waals surface area contributed by atoms with E-state index in [1.54, 1.807) is 0 Å². The van der Waals surface area contributed by atoms with Crippen molar-refractivity contribution in [3.8, 4) is 12.3 Å². The van der Waals surface area contributed by atoms with Gasteiger partial charge in [-0.25, -0.2) is 0 Å². The summed E-state index contributed by atoms with van der Waals surface area (Å²) in [5.74, 6) is 3.71. The highest BCUT2D eigenvalue weighted by molar-refractivity contribution is 5.15. The van der Waals surface area contributed by atoms with E-state index < -0.39 is 0 Å². The second kappa shape index (κ2) is 3.05. The minimum absolute atomic E-state index is 0.384. The maximum absolute atomic E-state index is 5.41. The smallest absolute Gasteiger partial charge is 0.0578 e. The van der Waals surface area contributed by atoms with Gasteiger partial charge in [-0.2, -0.15) is 0 Å². The molecule has 4 rings (SSSR count). The average molecular weight is 217 g/mol. The first-order valence-corrected chi connectivity index (χ1v) is 6.65. The molecule has 1 nitrogen and oxygen atoms in total. The molecule has 1 N–H and O–H groups in total. The fourth-order valence-corrected chi connectivity index (χ4v) is 5.88. The van der Waals surface area contributed by atoms with Gasteiger partial charge in [0.05, 0.1) is 6.54 Å². The topological polar surface area (TPSA) is 12.0 Å². The van der Waals surface area contributed by atoms with Gasteiger partial charge < -0.3 is 5.32 Å². The molecule has 2 atom stereocenters. The molecule has 0 saturated heterocycles. The maximum Gasteiger partial charge on any atom is 0.0578 e. The van der Waals surface area contributed by atoms with Crippen LogP contribution in [0.1, 0.15) is 52.4 Å². The summed E-state index contributed by atoms with van der Waals surface area (Å²) < 4.78 is 0. The van der Waals surface area contributed by atoms with E-state index in [0.717, 1.165) is 12.5 Å². The van der Waals surface area contributed by atoms with Gasteiger partial charge in [-0.15, -0.1) is 6.42 Å². The van der Waals surface area contributed by atoms with E-state index in [9.17, 15) is 0 Å². The highest BCUT2D eigenvalue weighted by atomic mass is 15.0. The van der Waals surface area contributed by atoms with E-state index in [4.69, 9.17) is 6.42 Å². The standard InChI is InChI=1S/C15H23N/c1-4-5-16-15-8-12-6-13(2,10-15)9-14(3,7-12)11-15/h1,12,16H,5-11H2,2-3H3. The summed E-state index contributed by atoms with van der Waals surface area (Å²) in [5, 5.41) is 3.69. The number of rotatable bonds is 2. The zero-order valence-corrected chi connectivity index (χ0v) is 10.6. The Hall–Kier alpha value is -0.480. The Labute approximate surface area is 99.4 Å². The molecule has 4 aliphatic rings. The van der Waals surface area contributed by atoms with E-state index in [1.165, 1.54) is 38.5 Å². The molecule has 2 unspecified atom stereocenters. The SMILES string of the molecule is C#CCNC12CC3CC(C)(CC(C)(C3)C1)C2. The first kappa shape index (κ1) is 10.7. The van der Waals surface area contributed by atoms with Crippen LogP contribution in [0.25, 0.3) is 0 Å². The van der Waals surface area contributed by atoms with Gasteiger partial charge in [0.25, 0.3) is 0 Å². The van der Waals surface area contributed by atoms with Gasteiger partial charge in [-0.05, 0) is 55.3 Å². The van der Waals surface area contributed by atoms with Crippen LogP contribution in [0.3, 0.4) is 0 Å². The summed E-state index contributed by atoms with van der Waals surface area (Å²) in [4.78, 5) is 0. The van der Waals surface area contributed by atoms with Crippen LogP contribution in [-0.2, 0) is 0 Å². The summed E-state index contributed by atoms with van der Waals surface area (Å²) in [7, 11) is 0. The predicted octanol–water partition coefficient (Wildman–Crippen LogP) is 2.96. The van der Waals surface area contributed by atoms with Gasteiger partial charge in [0, 0.05) is 5.54 Å². The van der Waals surface area contributed by atoms with Crippen LogP contribution in [0, 0.1) is 29.1 Å². The van der Waals surface area contributed by atoms with Gasteiger partial charge in [0.2, 0.25) is 0 Å². The Morgan fingerprint density at radius 2 is 1.75 bits per heavy atom. The summed E-state index contributed by atoms with van der Waals surface area (Å²) >= 11 is 0. The zero-order valence-electron chi connectivity index (χ0n) is 10.6. The molecule has 4 aliphatic carbocycles. The van der Waals surface area contributed by atoms with Crippen LogP contribution in [0.4, 0.5) is 0 Å². The monoisotopic (exact) mass is 217 g/mol. The molecule has 0 aromatic heterocycles. The fraction of sp³-hybridized carbons (Fsp3) is 0.867. The minimum Gasteiger partial charge on any atom is -0.301 e. The maximum atomic E-state index is 5.41. The molecule has 0 amide bonds. The largest absolute Gasteiger partial charge is 0.301 e. The van der Waals surface area contributed by atoms with E-state index in [1.807, 2.05) is 0 Å². The second-order valence-electron chi connectivity index (χ2n) is 7.47. The Bertz CT molecular complexity index is 333. The van der Waals surface area contributed by atoms with Crippen molar-refractivity contribution in [2.45, 2.75) is 57.9 Å². The van der Waals surface area contributed by atoms with Crippen LogP contribution in [-0.4, -0.2) is 12.1 Å². The Balaban J connectivity index is 1.90. The van der Waals surface area contributed by atoms with Gasteiger partial charge in [-0.3, -0.25) is 0 Å². The third-order valence-corrected chi connectivity index (χ3v) is 5.19. The molecule has 88 valence electrons. The average Bonchev–Trinajstić information content (AvgIpc) is 2.08. The summed E-state index contributed by atoms with van der Waals surface area (Å²) in [5.41, 5.74) is 1.57. The van der Waals surface area contributed by atoms with Gasteiger partial charge in [0.1, 0.15) is 0 Å². The summed E-state index contributed by atoms with van der Waals surface area (Å²) in [6.45, 7) is 5.75. The van der Waals surface area contributed by atoms with E-state index in [0.29, 0.717) is 16.4 Å². The fourth-order valence-electron chi connectivity index (χ4n) is 5.88. The first-order valence-electron chi connectivity index (χ1n) is 6.65. The van der Waals surface area contributed by atoms with Crippen molar-refractivity contribution in [1.82, 2.24) is 5.32 Å². The van der Waals surface area contributed by atoms with Crippen molar-refractivity contribution in [2.75, 3.05) is 6.54 Å². The molecule has 4 bridgehead atoms. The van der Waals surface area contributed by atoms with E-state index >= 15 is 0 Å². The number of terminal acetylenes is 1. The number of hydrogen-bond donors (Lipinski definition) is 1. The number of hydrogen-bond acceptors (Lipinski definition) is 1. The van der Waals surface area contributed by atoms with Crippen LogP contribution < -0.4 is 5.32 Å². The third kappa shape index (κ3) is 1.51. The molecule has 0 radical (unpaired) electrons. The molecule has 4 saturated carbocycles. The lowest BCUT2D eigenvalue weighted by molar-refractivity contribution is -0.116. The van der Waals surface area contributed by atoms with E-state index in [2.05, 4.69) is 25.1 Å². The molecule has 0 aromatic carbocycles. The zero-order chi connectivity index (χ0) is 11.4. The lowest BCUT2D eigenvalue weighted by Crippen LogP contribution is -2.64. The molecule has 1 heteroatoms. The molecule has 0 spiro atoms.